The summed E-state index contributed by atoms with van der Waals surface area (Å²) in [6.07, 6.45) is 1.49. The zero-order chi connectivity index (χ0) is 21.0. The van der Waals surface area contributed by atoms with Gasteiger partial charge in [0.15, 0.2) is 0 Å². The normalized spacial score (nSPS) is 11.7. The molecule has 0 saturated heterocycles. The van der Waals surface area contributed by atoms with E-state index in [1.165, 1.54) is 12.1 Å². The number of carbonyl (C=O) groups excluding carboxylic acids is 1. The fourth-order valence-electron chi connectivity index (χ4n) is 3.23. The van der Waals surface area contributed by atoms with Crippen molar-refractivity contribution >= 4 is 33.9 Å². The Bertz CT molecular complexity index is 1100. The SMILES string of the molecule is C/C(=C\C(=O)Nc1cc(CN(C)C)ccc1C(=O)O)c1ccc2ccccc2c1. The van der Waals surface area contributed by atoms with Crippen molar-refractivity contribution in [3.63, 3.8) is 0 Å². The zero-order valence-corrected chi connectivity index (χ0v) is 16.8. The molecule has 0 aliphatic carbocycles. The van der Waals surface area contributed by atoms with Crippen molar-refractivity contribution in [2.45, 2.75) is 13.5 Å². The number of nitrogens with one attached hydrogen (secondary N) is 1. The molecule has 0 aromatic heterocycles. The van der Waals surface area contributed by atoms with Crippen LogP contribution in [-0.2, 0) is 11.3 Å². The molecule has 0 bridgehead atoms. The van der Waals surface area contributed by atoms with Crippen LogP contribution in [0.3, 0.4) is 0 Å². The summed E-state index contributed by atoms with van der Waals surface area (Å²) in [5.74, 6) is -1.44. The molecular weight excluding hydrogens is 364 g/mol. The zero-order valence-electron chi connectivity index (χ0n) is 16.8. The van der Waals surface area contributed by atoms with Crippen LogP contribution >= 0.6 is 0 Å². The van der Waals surface area contributed by atoms with Crippen LogP contribution in [0.25, 0.3) is 16.3 Å². The molecule has 0 radical (unpaired) electrons. The highest BCUT2D eigenvalue weighted by Crippen LogP contribution is 2.22. The molecule has 0 aliphatic rings. The largest absolute Gasteiger partial charge is 0.478 e. The van der Waals surface area contributed by atoms with Gasteiger partial charge >= 0.3 is 5.97 Å². The Kier molecular flexibility index (Phi) is 6.10. The third-order valence-corrected chi connectivity index (χ3v) is 4.62. The lowest BCUT2D eigenvalue weighted by Crippen LogP contribution is -2.15. The molecule has 0 heterocycles. The predicted octanol–water partition coefficient (Wildman–Crippen LogP) is 4.64. The third kappa shape index (κ3) is 5.09. The Hall–Kier alpha value is -3.44. The van der Waals surface area contributed by atoms with Gasteiger partial charge in [0.1, 0.15) is 0 Å². The molecule has 148 valence electrons. The predicted molar refractivity (Wildman–Crippen MR) is 117 cm³/mol. The number of hydrogen-bond acceptors (Lipinski definition) is 3. The number of carboxylic acid groups (broad SMARTS) is 1. The number of nitrogens with zero attached hydrogens (tertiary/aromatic N) is 1. The monoisotopic (exact) mass is 388 g/mol. The van der Waals surface area contributed by atoms with Crippen LogP contribution < -0.4 is 5.32 Å². The minimum absolute atomic E-state index is 0.0672. The number of anilines is 1. The molecule has 5 heteroatoms. The summed E-state index contributed by atoms with van der Waals surface area (Å²) in [6, 6.07) is 19.1. The first-order chi connectivity index (χ1) is 13.8. The summed E-state index contributed by atoms with van der Waals surface area (Å²) in [6.45, 7) is 2.51. The summed E-state index contributed by atoms with van der Waals surface area (Å²) >= 11 is 0. The third-order valence-electron chi connectivity index (χ3n) is 4.62. The molecule has 0 atom stereocenters. The maximum absolute atomic E-state index is 12.6. The van der Waals surface area contributed by atoms with Crippen LogP contribution in [0, 0.1) is 0 Å². The number of fused-ring (bicyclic) bond motifs is 1. The van der Waals surface area contributed by atoms with Gasteiger partial charge in [-0.15, -0.1) is 0 Å². The molecule has 5 nitrogen and oxygen atoms in total. The van der Waals surface area contributed by atoms with Crippen LogP contribution in [0.1, 0.15) is 28.4 Å². The molecule has 29 heavy (non-hydrogen) atoms. The molecule has 0 unspecified atom stereocenters. The molecular formula is C24H24N2O3. The second-order valence-electron chi connectivity index (χ2n) is 7.30. The van der Waals surface area contributed by atoms with E-state index in [-0.39, 0.29) is 11.5 Å². The fourth-order valence-corrected chi connectivity index (χ4v) is 3.23. The summed E-state index contributed by atoms with van der Waals surface area (Å²) in [5.41, 5.74) is 3.03. The van der Waals surface area contributed by atoms with E-state index in [9.17, 15) is 14.7 Å². The number of allylic oxidation sites excluding steroid dienone is 1. The van der Waals surface area contributed by atoms with Crippen molar-refractivity contribution < 1.29 is 14.7 Å². The van der Waals surface area contributed by atoms with E-state index in [0.717, 1.165) is 27.5 Å². The van der Waals surface area contributed by atoms with E-state index in [1.807, 2.05) is 68.4 Å². The lowest BCUT2D eigenvalue weighted by atomic mass is 10.0. The van der Waals surface area contributed by atoms with Crippen LogP contribution in [0.2, 0.25) is 0 Å². The number of carboxylic acids is 1. The van der Waals surface area contributed by atoms with Crippen molar-refractivity contribution in [3.05, 3.63) is 83.4 Å². The number of amides is 1. The number of aromatic carboxylic acids is 1. The quantitative estimate of drug-likeness (QED) is 0.604. The Labute approximate surface area is 170 Å². The molecule has 0 saturated carbocycles. The highest BCUT2D eigenvalue weighted by Gasteiger charge is 2.13. The second kappa shape index (κ2) is 8.71. The average Bonchev–Trinajstić information content (AvgIpc) is 2.67. The number of rotatable bonds is 6. The number of hydrogen-bond donors (Lipinski definition) is 2. The Morgan fingerprint density at radius 2 is 1.72 bits per heavy atom. The minimum Gasteiger partial charge on any atom is -0.478 e. The highest BCUT2D eigenvalue weighted by molar-refractivity contribution is 6.07. The fraction of sp³-hybridized carbons (Fsp3) is 0.167. The minimum atomic E-state index is -1.08. The maximum Gasteiger partial charge on any atom is 0.337 e. The van der Waals surface area contributed by atoms with Crippen LogP contribution in [0.4, 0.5) is 5.69 Å². The summed E-state index contributed by atoms with van der Waals surface area (Å²) in [4.78, 5) is 26.1. The van der Waals surface area contributed by atoms with E-state index < -0.39 is 5.97 Å². The maximum atomic E-state index is 12.6. The van der Waals surface area contributed by atoms with E-state index in [0.29, 0.717) is 12.2 Å². The van der Waals surface area contributed by atoms with Gasteiger partial charge in [-0.05, 0) is 66.7 Å². The van der Waals surface area contributed by atoms with Gasteiger partial charge in [-0.1, -0.05) is 42.5 Å². The first-order valence-corrected chi connectivity index (χ1v) is 9.33. The standard InChI is InChI=1S/C24H24N2O3/c1-16(19-10-9-18-6-4-5-7-20(18)14-19)12-23(27)25-22-13-17(15-26(2)3)8-11-21(22)24(28)29/h4-14H,15H2,1-3H3,(H,25,27)(H,28,29)/b16-12+. The van der Waals surface area contributed by atoms with Crippen molar-refractivity contribution in [1.82, 2.24) is 4.90 Å². The topological polar surface area (TPSA) is 69.6 Å². The first-order valence-electron chi connectivity index (χ1n) is 9.33. The van der Waals surface area contributed by atoms with Gasteiger partial charge in [-0.25, -0.2) is 4.79 Å². The van der Waals surface area contributed by atoms with Crippen LogP contribution in [0.15, 0.2) is 66.7 Å². The lowest BCUT2D eigenvalue weighted by molar-refractivity contribution is -0.111. The van der Waals surface area contributed by atoms with E-state index in [2.05, 4.69) is 5.32 Å². The van der Waals surface area contributed by atoms with Gasteiger partial charge in [-0.2, -0.15) is 0 Å². The van der Waals surface area contributed by atoms with Crippen molar-refractivity contribution in [2.24, 2.45) is 0 Å². The Morgan fingerprint density at radius 3 is 2.41 bits per heavy atom. The highest BCUT2D eigenvalue weighted by atomic mass is 16.4. The van der Waals surface area contributed by atoms with Gasteiger partial charge < -0.3 is 15.3 Å². The van der Waals surface area contributed by atoms with Crippen molar-refractivity contribution in [1.29, 1.82) is 0 Å². The van der Waals surface area contributed by atoms with E-state index >= 15 is 0 Å². The summed E-state index contributed by atoms with van der Waals surface area (Å²) < 4.78 is 0. The molecule has 0 aliphatic heterocycles. The van der Waals surface area contributed by atoms with E-state index in [4.69, 9.17) is 0 Å². The van der Waals surface area contributed by atoms with Gasteiger partial charge in [-0.3, -0.25) is 4.79 Å². The summed E-state index contributed by atoms with van der Waals surface area (Å²) in [5, 5.41) is 14.4. The summed E-state index contributed by atoms with van der Waals surface area (Å²) in [7, 11) is 3.86. The molecule has 3 rings (SSSR count). The number of benzene rings is 3. The molecule has 3 aromatic carbocycles. The molecule has 0 fully saturated rings. The Morgan fingerprint density at radius 1 is 1.00 bits per heavy atom. The lowest BCUT2D eigenvalue weighted by Gasteiger charge is -2.13. The van der Waals surface area contributed by atoms with Crippen molar-refractivity contribution in [2.75, 3.05) is 19.4 Å². The van der Waals surface area contributed by atoms with Crippen LogP contribution in [-0.4, -0.2) is 36.0 Å². The van der Waals surface area contributed by atoms with Gasteiger partial charge in [0.05, 0.1) is 11.3 Å². The van der Waals surface area contributed by atoms with Gasteiger partial charge in [0.2, 0.25) is 5.91 Å². The molecule has 2 N–H and O–H groups in total. The van der Waals surface area contributed by atoms with Crippen molar-refractivity contribution in [3.8, 4) is 0 Å². The van der Waals surface area contributed by atoms with Gasteiger partial charge in [0, 0.05) is 12.6 Å². The Balaban J connectivity index is 1.85. The van der Waals surface area contributed by atoms with Gasteiger partial charge in [0.25, 0.3) is 0 Å². The average molecular weight is 388 g/mol. The smallest absolute Gasteiger partial charge is 0.337 e. The van der Waals surface area contributed by atoms with Crippen LogP contribution in [0.5, 0.6) is 0 Å². The molecule has 3 aromatic rings. The molecule has 0 spiro atoms. The first kappa shape index (κ1) is 20.3. The second-order valence-corrected chi connectivity index (χ2v) is 7.30. The molecule has 1 amide bonds. The number of carbonyl (C=O) groups is 2. The van der Waals surface area contributed by atoms with E-state index in [1.54, 1.807) is 12.1 Å².